The molecule has 2 aromatic carbocycles. The number of benzene rings is 2. The van der Waals surface area contributed by atoms with Crippen LogP contribution in [0.1, 0.15) is 55.8 Å². The second-order valence-corrected chi connectivity index (χ2v) is 7.41. The van der Waals surface area contributed by atoms with Gasteiger partial charge in [0.05, 0.1) is 26.2 Å². The zero-order valence-electron chi connectivity index (χ0n) is 18.3. The summed E-state index contributed by atoms with van der Waals surface area (Å²) in [5, 5.41) is 6.75. The van der Waals surface area contributed by atoms with Crippen LogP contribution in [0.4, 0.5) is 5.69 Å². The third-order valence-electron chi connectivity index (χ3n) is 5.15. The molecule has 4 N–H and O–H groups in total. The SMILES string of the molecule is CCC1C(=O)NC(c2cc(Cl)ccc2N)c2cc(OC)c(OC)cc21.CCNCC. The van der Waals surface area contributed by atoms with Crippen molar-refractivity contribution in [3.05, 3.63) is 52.0 Å². The van der Waals surface area contributed by atoms with Gasteiger partial charge in [-0.2, -0.15) is 0 Å². The Hall–Kier alpha value is -2.44. The molecule has 30 heavy (non-hydrogen) atoms. The molecular weight excluding hydrogens is 402 g/mol. The van der Waals surface area contributed by atoms with E-state index in [2.05, 4.69) is 24.5 Å². The van der Waals surface area contributed by atoms with Gasteiger partial charge in [0.15, 0.2) is 11.5 Å². The number of ether oxygens (including phenoxy) is 2. The van der Waals surface area contributed by atoms with Crippen LogP contribution in [0.5, 0.6) is 11.5 Å². The minimum Gasteiger partial charge on any atom is -0.493 e. The number of nitrogen functional groups attached to an aromatic ring is 1. The predicted octanol–water partition coefficient (Wildman–Crippen LogP) is 4.27. The van der Waals surface area contributed by atoms with Crippen molar-refractivity contribution < 1.29 is 14.3 Å². The molecule has 0 saturated carbocycles. The summed E-state index contributed by atoms with van der Waals surface area (Å²) >= 11 is 6.15. The normalized spacial score (nSPS) is 17.3. The highest BCUT2D eigenvalue weighted by Gasteiger charge is 2.35. The van der Waals surface area contributed by atoms with Gasteiger partial charge in [0.1, 0.15) is 0 Å². The van der Waals surface area contributed by atoms with Gasteiger partial charge in [0.2, 0.25) is 5.91 Å². The van der Waals surface area contributed by atoms with E-state index in [0.29, 0.717) is 28.6 Å². The summed E-state index contributed by atoms with van der Waals surface area (Å²) in [6.45, 7) is 8.37. The molecule has 2 aromatic rings. The highest BCUT2D eigenvalue weighted by Crippen LogP contribution is 2.43. The lowest BCUT2D eigenvalue weighted by Crippen LogP contribution is -2.39. The van der Waals surface area contributed by atoms with Crippen LogP contribution >= 0.6 is 11.6 Å². The Balaban J connectivity index is 0.000000575. The molecule has 6 nitrogen and oxygen atoms in total. The van der Waals surface area contributed by atoms with Crippen LogP contribution in [-0.2, 0) is 4.79 Å². The molecule has 0 radical (unpaired) electrons. The van der Waals surface area contributed by atoms with E-state index < -0.39 is 0 Å². The van der Waals surface area contributed by atoms with E-state index in [-0.39, 0.29) is 17.9 Å². The van der Waals surface area contributed by atoms with Crippen molar-refractivity contribution >= 4 is 23.2 Å². The van der Waals surface area contributed by atoms with Crippen molar-refractivity contribution in [2.75, 3.05) is 33.0 Å². The topological polar surface area (TPSA) is 85.6 Å². The summed E-state index contributed by atoms with van der Waals surface area (Å²) in [4.78, 5) is 12.7. The number of amides is 1. The number of hydrogen-bond acceptors (Lipinski definition) is 5. The van der Waals surface area contributed by atoms with E-state index in [4.69, 9.17) is 26.8 Å². The van der Waals surface area contributed by atoms with E-state index in [9.17, 15) is 4.79 Å². The van der Waals surface area contributed by atoms with Crippen LogP contribution < -0.4 is 25.8 Å². The number of anilines is 1. The third-order valence-corrected chi connectivity index (χ3v) is 5.38. The fourth-order valence-corrected chi connectivity index (χ4v) is 3.80. The quantitative estimate of drug-likeness (QED) is 0.592. The molecule has 7 heteroatoms. The van der Waals surface area contributed by atoms with Crippen LogP contribution in [0, 0.1) is 0 Å². The smallest absolute Gasteiger partial charge is 0.228 e. The second kappa shape index (κ2) is 11.1. The fourth-order valence-electron chi connectivity index (χ4n) is 3.62. The van der Waals surface area contributed by atoms with E-state index in [1.165, 1.54) is 0 Å². The van der Waals surface area contributed by atoms with Crippen molar-refractivity contribution in [3.63, 3.8) is 0 Å². The molecule has 1 amide bonds. The maximum atomic E-state index is 12.7. The minimum atomic E-state index is -0.385. The van der Waals surface area contributed by atoms with E-state index >= 15 is 0 Å². The number of hydrogen-bond donors (Lipinski definition) is 3. The van der Waals surface area contributed by atoms with E-state index in [0.717, 1.165) is 29.8 Å². The molecule has 0 aliphatic carbocycles. The number of fused-ring (bicyclic) bond motifs is 1. The summed E-state index contributed by atoms with van der Waals surface area (Å²) in [5.74, 6) is 0.933. The lowest BCUT2D eigenvalue weighted by molar-refractivity contribution is -0.123. The first-order valence-corrected chi connectivity index (χ1v) is 10.6. The summed E-state index contributed by atoms with van der Waals surface area (Å²) in [7, 11) is 3.17. The molecule has 0 aromatic heterocycles. The van der Waals surface area contributed by atoms with Crippen LogP contribution in [0.2, 0.25) is 5.02 Å². The first-order valence-electron chi connectivity index (χ1n) is 10.2. The molecule has 0 bridgehead atoms. The largest absolute Gasteiger partial charge is 0.493 e. The molecule has 3 rings (SSSR count). The van der Waals surface area contributed by atoms with E-state index in [1.54, 1.807) is 32.4 Å². The minimum absolute atomic E-state index is 0.0356. The van der Waals surface area contributed by atoms with Crippen LogP contribution in [0.25, 0.3) is 0 Å². The number of nitrogens with two attached hydrogens (primary N) is 1. The average molecular weight is 434 g/mol. The molecule has 2 unspecified atom stereocenters. The van der Waals surface area contributed by atoms with Crippen molar-refractivity contribution in [1.29, 1.82) is 0 Å². The van der Waals surface area contributed by atoms with Crippen LogP contribution in [0.15, 0.2) is 30.3 Å². The van der Waals surface area contributed by atoms with Crippen molar-refractivity contribution in [2.24, 2.45) is 0 Å². The van der Waals surface area contributed by atoms with Gasteiger partial charge in [-0.25, -0.2) is 0 Å². The van der Waals surface area contributed by atoms with Gasteiger partial charge in [0.25, 0.3) is 0 Å². The Labute approximate surface area is 184 Å². The number of rotatable bonds is 6. The number of carbonyl (C=O) groups is 1. The molecule has 1 aliphatic heterocycles. The Morgan fingerprint density at radius 1 is 1.00 bits per heavy atom. The standard InChI is InChI=1S/C19H21ClN2O3.C4H11N/c1-4-11-12-8-16(24-2)17(25-3)9-13(12)18(22-19(11)23)14-7-10(20)5-6-15(14)21;1-3-5-4-2/h5-9,11,18H,4,21H2,1-3H3,(H,22,23);5H,3-4H2,1-2H3. The lowest BCUT2D eigenvalue weighted by Gasteiger charge is -2.33. The zero-order chi connectivity index (χ0) is 22.3. The van der Waals surface area contributed by atoms with Gasteiger partial charge in [0, 0.05) is 16.3 Å². The Kier molecular flexibility index (Phi) is 8.81. The second-order valence-electron chi connectivity index (χ2n) is 6.97. The average Bonchev–Trinajstić information content (AvgIpc) is 2.75. The first kappa shape index (κ1) is 23.8. The molecular formula is C23H32ClN3O3. The lowest BCUT2D eigenvalue weighted by atomic mass is 9.81. The molecule has 0 saturated heterocycles. The van der Waals surface area contributed by atoms with Crippen LogP contribution in [-0.4, -0.2) is 33.2 Å². The summed E-state index contributed by atoms with van der Waals surface area (Å²) < 4.78 is 10.9. The van der Waals surface area contributed by atoms with Crippen molar-refractivity contribution in [2.45, 2.75) is 39.2 Å². The molecule has 1 aliphatic rings. The Morgan fingerprint density at radius 2 is 1.60 bits per heavy atom. The summed E-state index contributed by atoms with van der Waals surface area (Å²) in [5.41, 5.74) is 9.36. The predicted molar refractivity (Wildman–Crippen MR) is 123 cm³/mol. The van der Waals surface area contributed by atoms with Gasteiger partial charge >= 0.3 is 0 Å². The maximum Gasteiger partial charge on any atom is 0.228 e. The first-order chi connectivity index (χ1) is 14.4. The summed E-state index contributed by atoms with van der Waals surface area (Å²) in [6, 6.07) is 8.67. The maximum absolute atomic E-state index is 12.7. The van der Waals surface area contributed by atoms with E-state index in [1.807, 2.05) is 19.1 Å². The van der Waals surface area contributed by atoms with Gasteiger partial charge in [-0.1, -0.05) is 32.4 Å². The van der Waals surface area contributed by atoms with Crippen molar-refractivity contribution in [1.82, 2.24) is 10.6 Å². The molecule has 2 atom stereocenters. The number of carbonyl (C=O) groups excluding carboxylic acids is 1. The van der Waals surface area contributed by atoms with Gasteiger partial charge in [-0.05, 0) is 61.0 Å². The highest BCUT2D eigenvalue weighted by molar-refractivity contribution is 6.30. The fraction of sp³-hybridized carbons (Fsp3) is 0.435. The van der Waals surface area contributed by atoms with Crippen molar-refractivity contribution in [3.8, 4) is 11.5 Å². The number of halogens is 1. The molecule has 0 spiro atoms. The number of methoxy groups -OCH3 is 2. The van der Waals surface area contributed by atoms with Gasteiger partial charge in [-0.15, -0.1) is 0 Å². The Morgan fingerprint density at radius 3 is 2.10 bits per heavy atom. The highest BCUT2D eigenvalue weighted by atomic mass is 35.5. The zero-order valence-corrected chi connectivity index (χ0v) is 19.1. The third kappa shape index (κ3) is 5.18. The molecule has 164 valence electrons. The van der Waals surface area contributed by atoms with Gasteiger partial charge in [-0.3, -0.25) is 4.79 Å². The summed E-state index contributed by atoms with van der Waals surface area (Å²) in [6.07, 6.45) is 0.687. The Bertz CT molecular complexity index is 871. The number of nitrogens with one attached hydrogen (secondary N) is 2. The molecule has 1 heterocycles. The van der Waals surface area contributed by atoms with Crippen LogP contribution in [0.3, 0.4) is 0 Å². The monoisotopic (exact) mass is 433 g/mol. The molecule has 0 fully saturated rings. The van der Waals surface area contributed by atoms with Gasteiger partial charge < -0.3 is 25.8 Å².